The minimum Gasteiger partial charge on any atom is -0.493 e. The quantitative estimate of drug-likeness (QED) is 0.730. The van der Waals surface area contributed by atoms with Crippen LogP contribution in [0.2, 0.25) is 0 Å². The maximum Gasteiger partial charge on any atom is 0.161 e. The average molecular weight is 263 g/mol. The van der Waals surface area contributed by atoms with Gasteiger partial charge in [-0.2, -0.15) is 0 Å². The molecular weight excluding hydrogens is 238 g/mol. The number of ether oxygens (including phenoxy) is 2. The first-order chi connectivity index (χ1) is 9.19. The maximum atomic E-state index is 5.96. The third-order valence-corrected chi connectivity index (χ3v) is 3.45. The maximum absolute atomic E-state index is 5.96. The van der Waals surface area contributed by atoms with Crippen molar-refractivity contribution in [1.29, 1.82) is 0 Å². The van der Waals surface area contributed by atoms with E-state index in [1.54, 1.807) is 7.11 Å². The first-order valence-electron chi connectivity index (χ1n) is 7.23. The zero-order chi connectivity index (χ0) is 13.7. The Morgan fingerprint density at radius 2 is 2.11 bits per heavy atom. The van der Waals surface area contributed by atoms with Gasteiger partial charge in [0.2, 0.25) is 0 Å². The van der Waals surface area contributed by atoms with E-state index in [-0.39, 0.29) is 6.10 Å². The minimum atomic E-state index is 0.220. The fraction of sp³-hybridized carbons (Fsp3) is 0.625. The second-order valence-electron chi connectivity index (χ2n) is 5.45. The van der Waals surface area contributed by atoms with Crippen molar-refractivity contribution in [3.63, 3.8) is 0 Å². The summed E-state index contributed by atoms with van der Waals surface area (Å²) in [5.41, 5.74) is 1.19. The normalized spacial score (nSPS) is 16.2. The van der Waals surface area contributed by atoms with Crippen molar-refractivity contribution in [2.75, 3.05) is 13.7 Å². The van der Waals surface area contributed by atoms with Crippen LogP contribution in [0.4, 0.5) is 0 Å². The Balaban J connectivity index is 1.75. The van der Waals surface area contributed by atoms with Crippen LogP contribution in [0, 0.1) is 6.92 Å². The van der Waals surface area contributed by atoms with Crippen molar-refractivity contribution in [1.82, 2.24) is 5.32 Å². The highest BCUT2D eigenvalue weighted by atomic mass is 16.5. The molecule has 3 nitrogen and oxygen atoms in total. The molecule has 1 fully saturated rings. The van der Waals surface area contributed by atoms with Gasteiger partial charge in [0.15, 0.2) is 11.5 Å². The third-order valence-electron chi connectivity index (χ3n) is 3.45. The summed E-state index contributed by atoms with van der Waals surface area (Å²) in [6.45, 7) is 5.28. The summed E-state index contributed by atoms with van der Waals surface area (Å²) < 4.78 is 11.3. The number of hydrogen-bond donors (Lipinski definition) is 1. The molecule has 2 rings (SSSR count). The van der Waals surface area contributed by atoms with Crippen LogP contribution in [-0.2, 0) is 0 Å². The van der Waals surface area contributed by atoms with Gasteiger partial charge in [0, 0.05) is 6.04 Å². The van der Waals surface area contributed by atoms with E-state index in [2.05, 4.69) is 25.2 Å². The minimum absolute atomic E-state index is 0.220. The van der Waals surface area contributed by atoms with Gasteiger partial charge in [-0.1, -0.05) is 6.07 Å². The van der Waals surface area contributed by atoms with Gasteiger partial charge in [-0.3, -0.25) is 0 Å². The van der Waals surface area contributed by atoms with Gasteiger partial charge in [-0.05, 0) is 63.8 Å². The van der Waals surface area contributed by atoms with Crippen LogP contribution in [0.25, 0.3) is 0 Å². The summed E-state index contributed by atoms with van der Waals surface area (Å²) in [5.74, 6) is 1.67. The van der Waals surface area contributed by atoms with Gasteiger partial charge in [0.25, 0.3) is 0 Å². The molecule has 0 aliphatic heterocycles. The Kier molecular flexibility index (Phi) is 5.08. The van der Waals surface area contributed by atoms with Gasteiger partial charge >= 0.3 is 0 Å². The fourth-order valence-corrected chi connectivity index (χ4v) is 2.13. The summed E-state index contributed by atoms with van der Waals surface area (Å²) in [6.07, 6.45) is 5.15. The molecule has 1 aromatic carbocycles. The van der Waals surface area contributed by atoms with Crippen LogP contribution < -0.4 is 14.8 Å². The smallest absolute Gasteiger partial charge is 0.161 e. The third kappa shape index (κ3) is 4.75. The molecule has 0 aromatic heterocycles. The van der Waals surface area contributed by atoms with E-state index < -0.39 is 0 Å². The average Bonchev–Trinajstić information content (AvgIpc) is 3.21. The van der Waals surface area contributed by atoms with Crippen molar-refractivity contribution in [3.05, 3.63) is 23.8 Å². The molecule has 1 aliphatic rings. The molecule has 0 bridgehead atoms. The van der Waals surface area contributed by atoms with Crippen LogP contribution in [0.3, 0.4) is 0 Å². The number of aryl methyl sites for hydroxylation is 1. The standard InChI is InChI=1S/C16H25NO2/c1-12-6-9-15(16(11-12)18-3)19-13(2)5-4-10-17-14-7-8-14/h6,9,11,13-14,17H,4-5,7-8,10H2,1-3H3. The highest BCUT2D eigenvalue weighted by Crippen LogP contribution is 2.29. The summed E-state index contributed by atoms with van der Waals surface area (Å²) >= 11 is 0. The highest BCUT2D eigenvalue weighted by molar-refractivity contribution is 5.42. The van der Waals surface area contributed by atoms with E-state index in [9.17, 15) is 0 Å². The van der Waals surface area contributed by atoms with Gasteiger partial charge in [0.1, 0.15) is 0 Å². The molecule has 1 atom stereocenters. The van der Waals surface area contributed by atoms with Crippen LogP contribution in [0.1, 0.15) is 38.2 Å². The Morgan fingerprint density at radius 1 is 1.32 bits per heavy atom. The van der Waals surface area contributed by atoms with Gasteiger partial charge in [-0.25, -0.2) is 0 Å². The van der Waals surface area contributed by atoms with Gasteiger partial charge < -0.3 is 14.8 Å². The van der Waals surface area contributed by atoms with Crippen molar-refractivity contribution in [2.24, 2.45) is 0 Å². The Labute approximate surface area is 116 Å². The summed E-state index contributed by atoms with van der Waals surface area (Å²) in [5, 5.41) is 3.53. The SMILES string of the molecule is COc1cc(C)ccc1OC(C)CCCNC1CC1. The lowest BCUT2D eigenvalue weighted by Gasteiger charge is -2.17. The van der Waals surface area contributed by atoms with Crippen LogP contribution in [-0.4, -0.2) is 25.8 Å². The first kappa shape index (κ1) is 14.2. The van der Waals surface area contributed by atoms with E-state index in [1.165, 1.54) is 18.4 Å². The lowest BCUT2D eigenvalue weighted by Crippen LogP contribution is -2.20. The largest absolute Gasteiger partial charge is 0.493 e. The van der Waals surface area contributed by atoms with Crippen molar-refractivity contribution in [3.8, 4) is 11.5 Å². The van der Waals surface area contributed by atoms with Crippen LogP contribution >= 0.6 is 0 Å². The number of hydrogen-bond acceptors (Lipinski definition) is 3. The molecule has 1 aromatic rings. The predicted octanol–water partition coefficient (Wildman–Crippen LogP) is 3.30. The van der Waals surface area contributed by atoms with Crippen molar-refractivity contribution in [2.45, 2.75) is 51.7 Å². The lowest BCUT2D eigenvalue weighted by atomic mass is 10.2. The van der Waals surface area contributed by atoms with Gasteiger partial charge in [0.05, 0.1) is 13.2 Å². The second-order valence-corrected chi connectivity index (χ2v) is 5.45. The number of benzene rings is 1. The Hall–Kier alpha value is -1.22. The molecule has 3 heteroatoms. The Bertz CT molecular complexity index is 402. The van der Waals surface area contributed by atoms with Crippen LogP contribution in [0.5, 0.6) is 11.5 Å². The van der Waals surface area contributed by atoms with E-state index in [0.717, 1.165) is 36.9 Å². The van der Waals surface area contributed by atoms with Crippen LogP contribution in [0.15, 0.2) is 18.2 Å². The molecule has 106 valence electrons. The molecule has 1 N–H and O–H groups in total. The molecule has 0 radical (unpaired) electrons. The second kappa shape index (κ2) is 6.80. The monoisotopic (exact) mass is 263 g/mol. The lowest BCUT2D eigenvalue weighted by molar-refractivity contribution is 0.198. The molecule has 19 heavy (non-hydrogen) atoms. The summed E-state index contributed by atoms with van der Waals surface area (Å²) in [4.78, 5) is 0. The first-order valence-corrected chi connectivity index (χ1v) is 7.23. The van der Waals surface area contributed by atoms with Gasteiger partial charge in [-0.15, -0.1) is 0 Å². The zero-order valence-electron chi connectivity index (χ0n) is 12.2. The Morgan fingerprint density at radius 3 is 2.79 bits per heavy atom. The summed E-state index contributed by atoms with van der Waals surface area (Å²) in [6, 6.07) is 6.86. The highest BCUT2D eigenvalue weighted by Gasteiger charge is 2.19. The predicted molar refractivity (Wildman–Crippen MR) is 78.1 cm³/mol. The molecular formula is C16H25NO2. The molecule has 0 saturated heterocycles. The molecule has 1 saturated carbocycles. The molecule has 1 unspecified atom stereocenters. The fourth-order valence-electron chi connectivity index (χ4n) is 2.13. The number of nitrogens with one attached hydrogen (secondary N) is 1. The number of methoxy groups -OCH3 is 1. The topological polar surface area (TPSA) is 30.5 Å². The number of rotatable bonds is 8. The van der Waals surface area contributed by atoms with E-state index >= 15 is 0 Å². The molecule has 0 heterocycles. The van der Waals surface area contributed by atoms with E-state index in [0.29, 0.717) is 0 Å². The van der Waals surface area contributed by atoms with Crippen molar-refractivity contribution >= 4 is 0 Å². The van der Waals surface area contributed by atoms with Crippen molar-refractivity contribution < 1.29 is 9.47 Å². The molecule has 0 spiro atoms. The molecule has 0 amide bonds. The zero-order valence-corrected chi connectivity index (χ0v) is 12.2. The van der Waals surface area contributed by atoms with E-state index in [1.807, 2.05) is 12.1 Å². The summed E-state index contributed by atoms with van der Waals surface area (Å²) in [7, 11) is 1.69. The molecule has 1 aliphatic carbocycles. The van der Waals surface area contributed by atoms with E-state index in [4.69, 9.17) is 9.47 Å².